The molecule has 0 aliphatic rings. The highest BCUT2D eigenvalue weighted by molar-refractivity contribution is 6.00. The number of hydrogen-bond acceptors (Lipinski definition) is 6. The van der Waals surface area contributed by atoms with Crippen molar-refractivity contribution < 1.29 is 28.9 Å². The predicted octanol–water partition coefficient (Wildman–Crippen LogP) is 0.974. The topological polar surface area (TPSA) is 82.1 Å². The molecule has 6 nitrogen and oxygen atoms in total. The molecule has 0 unspecified atom stereocenters. The van der Waals surface area contributed by atoms with Gasteiger partial charge in [-0.15, -0.1) is 0 Å². The molecule has 1 N–H and O–H groups in total. The fraction of sp³-hybridized carbons (Fsp3) is 0.273. The highest BCUT2D eigenvalue weighted by Crippen LogP contribution is 2.27. The normalized spacial score (nSPS) is 9.76. The van der Waals surface area contributed by atoms with E-state index in [1.54, 1.807) is 0 Å². The van der Waals surface area contributed by atoms with Crippen LogP contribution < -0.4 is 4.74 Å². The molecule has 0 spiro atoms. The summed E-state index contributed by atoms with van der Waals surface area (Å²) in [6.07, 6.45) is 0.377. The first-order valence-electron chi connectivity index (χ1n) is 4.66. The molecule has 0 heterocycles. The quantitative estimate of drug-likeness (QED) is 0.469. The molecule has 1 aromatic rings. The van der Waals surface area contributed by atoms with E-state index in [9.17, 15) is 14.7 Å². The number of aromatic hydroxyl groups is 1. The van der Waals surface area contributed by atoms with Gasteiger partial charge < -0.3 is 19.3 Å². The standard InChI is InChI=1S/C11H12O6/c1-15-6-17-7-3-8(11(14)16-2)9(5-12)10(13)4-7/h3-5,13H,6H2,1-2H3. The Morgan fingerprint density at radius 2 is 2.12 bits per heavy atom. The fourth-order valence-corrected chi connectivity index (χ4v) is 1.23. The molecule has 0 fully saturated rings. The molecule has 17 heavy (non-hydrogen) atoms. The van der Waals surface area contributed by atoms with Crippen molar-refractivity contribution in [3.63, 3.8) is 0 Å². The molecule has 0 aromatic heterocycles. The lowest BCUT2D eigenvalue weighted by Gasteiger charge is -2.09. The number of aldehydes is 1. The number of carbonyl (C=O) groups excluding carboxylic acids is 2. The number of esters is 1. The van der Waals surface area contributed by atoms with Crippen LogP contribution in [0, 0.1) is 0 Å². The van der Waals surface area contributed by atoms with Crippen molar-refractivity contribution in [1.82, 2.24) is 0 Å². The second-order valence-electron chi connectivity index (χ2n) is 3.06. The summed E-state index contributed by atoms with van der Waals surface area (Å²) in [5.74, 6) is -0.880. The van der Waals surface area contributed by atoms with Crippen LogP contribution >= 0.6 is 0 Å². The van der Waals surface area contributed by atoms with Gasteiger partial charge in [0.2, 0.25) is 0 Å². The van der Waals surface area contributed by atoms with Gasteiger partial charge in [-0.3, -0.25) is 4.79 Å². The highest BCUT2D eigenvalue weighted by atomic mass is 16.7. The molecule has 0 atom stereocenters. The number of phenols is 1. The van der Waals surface area contributed by atoms with E-state index in [1.807, 2.05) is 0 Å². The number of methoxy groups -OCH3 is 2. The van der Waals surface area contributed by atoms with E-state index in [4.69, 9.17) is 4.74 Å². The molecule has 0 amide bonds. The zero-order chi connectivity index (χ0) is 12.8. The number of phenolic OH excluding ortho intramolecular Hbond substituents is 1. The highest BCUT2D eigenvalue weighted by Gasteiger charge is 2.17. The minimum absolute atomic E-state index is 0.0412. The largest absolute Gasteiger partial charge is 0.507 e. The molecule has 0 saturated carbocycles. The van der Waals surface area contributed by atoms with Gasteiger partial charge in [0.05, 0.1) is 18.2 Å². The Bertz CT molecular complexity index is 426. The van der Waals surface area contributed by atoms with E-state index in [0.717, 1.165) is 0 Å². The van der Waals surface area contributed by atoms with Crippen LogP contribution in [0.1, 0.15) is 20.7 Å². The van der Waals surface area contributed by atoms with Crippen LogP contribution in [-0.2, 0) is 9.47 Å². The summed E-state index contributed by atoms with van der Waals surface area (Å²) in [6, 6.07) is 2.52. The van der Waals surface area contributed by atoms with Gasteiger partial charge in [-0.05, 0) is 6.07 Å². The summed E-state index contributed by atoms with van der Waals surface area (Å²) < 4.78 is 14.2. The lowest BCUT2D eigenvalue weighted by Crippen LogP contribution is -2.07. The second-order valence-corrected chi connectivity index (χ2v) is 3.06. The number of carbonyl (C=O) groups is 2. The molecule has 1 aromatic carbocycles. The van der Waals surface area contributed by atoms with Gasteiger partial charge in [0.15, 0.2) is 13.1 Å². The average molecular weight is 240 g/mol. The Kier molecular flexibility index (Phi) is 4.47. The van der Waals surface area contributed by atoms with Crippen molar-refractivity contribution in [3.05, 3.63) is 23.3 Å². The first kappa shape index (κ1) is 13.0. The fourth-order valence-electron chi connectivity index (χ4n) is 1.23. The molecule has 0 saturated heterocycles. The van der Waals surface area contributed by atoms with Gasteiger partial charge in [0, 0.05) is 13.2 Å². The number of benzene rings is 1. The van der Waals surface area contributed by atoms with Gasteiger partial charge in [-0.1, -0.05) is 0 Å². The Morgan fingerprint density at radius 1 is 1.41 bits per heavy atom. The lowest BCUT2D eigenvalue weighted by molar-refractivity contribution is 0.0501. The summed E-state index contributed by atoms with van der Waals surface area (Å²) >= 11 is 0. The second kappa shape index (κ2) is 5.86. The molecule has 0 bridgehead atoms. The minimum atomic E-state index is -0.731. The van der Waals surface area contributed by atoms with Crippen LogP contribution in [-0.4, -0.2) is 38.4 Å². The van der Waals surface area contributed by atoms with Crippen LogP contribution in [0.2, 0.25) is 0 Å². The van der Waals surface area contributed by atoms with Crippen LogP contribution in [0.5, 0.6) is 11.5 Å². The van der Waals surface area contributed by atoms with Crippen molar-refractivity contribution in [3.8, 4) is 11.5 Å². The summed E-state index contributed by atoms with van der Waals surface area (Å²) in [6.45, 7) is -0.0412. The van der Waals surface area contributed by atoms with Gasteiger partial charge in [0.1, 0.15) is 11.5 Å². The van der Waals surface area contributed by atoms with E-state index in [2.05, 4.69) is 9.47 Å². The maximum atomic E-state index is 11.4. The third kappa shape index (κ3) is 2.94. The number of hydrogen-bond donors (Lipinski definition) is 1. The van der Waals surface area contributed by atoms with E-state index in [-0.39, 0.29) is 29.4 Å². The van der Waals surface area contributed by atoms with Crippen LogP contribution in [0.25, 0.3) is 0 Å². The lowest BCUT2D eigenvalue weighted by atomic mass is 10.1. The molecule has 0 radical (unpaired) electrons. The number of ether oxygens (including phenoxy) is 3. The molecule has 92 valence electrons. The average Bonchev–Trinajstić information content (AvgIpc) is 2.34. The van der Waals surface area contributed by atoms with E-state index in [0.29, 0.717) is 6.29 Å². The van der Waals surface area contributed by atoms with E-state index < -0.39 is 5.97 Å². The number of rotatable bonds is 5. The zero-order valence-corrected chi connectivity index (χ0v) is 9.43. The summed E-state index contributed by atoms with van der Waals surface area (Å²) in [5, 5.41) is 9.56. The van der Waals surface area contributed by atoms with Crippen molar-refractivity contribution in [1.29, 1.82) is 0 Å². The predicted molar refractivity (Wildman–Crippen MR) is 57.3 cm³/mol. The summed E-state index contributed by atoms with van der Waals surface area (Å²) in [4.78, 5) is 22.2. The molecule has 1 rings (SSSR count). The molecular formula is C11H12O6. The first-order valence-corrected chi connectivity index (χ1v) is 4.66. The Balaban J connectivity index is 3.18. The van der Waals surface area contributed by atoms with Crippen LogP contribution in [0.15, 0.2) is 12.1 Å². The van der Waals surface area contributed by atoms with Crippen molar-refractivity contribution in [2.45, 2.75) is 0 Å². The Hall–Kier alpha value is -2.08. The zero-order valence-electron chi connectivity index (χ0n) is 9.43. The molecule has 0 aliphatic carbocycles. The van der Waals surface area contributed by atoms with Crippen LogP contribution in [0.3, 0.4) is 0 Å². The maximum absolute atomic E-state index is 11.4. The van der Waals surface area contributed by atoms with Gasteiger partial charge in [-0.25, -0.2) is 4.79 Å². The SMILES string of the molecule is COCOc1cc(O)c(C=O)c(C(=O)OC)c1. The summed E-state index contributed by atoms with van der Waals surface area (Å²) in [5.41, 5.74) is -0.199. The van der Waals surface area contributed by atoms with E-state index >= 15 is 0 Å². The van der Waals surface area contributed by atoms with Crippen molar-refractivity contribution >= 4 is 12.3 Å². The van der Waals surface area contributed by atoms with Crippen LogP contribution in [0.4, 0.5) is 0 Å². The van der Waals surface area contributed by atoms with Gasteiger partial charge >= 0.3 is 5.97 Å². The molecule has 0 aliphatic heterocycles. The van der Waals surface area contributed by atoms with Gasteiger partial charge in [-0.2, -0.15) is 0 Å². The molecule has 6 heteroatoms. The molecular weight excluding hydrogens is 228 g/mol. The Morgan fingerprint density at radius 3 is 2.65 bits per heavy atom. The summed E-state index contributed by atoms with van der Waals surface area (Å²) in [7, 11) is 2.61. The van der Waals surface area contributed by atoms with Gasteiger partial charge in [0.25, 0.3) is 0 Å². The minimum Gasteiger partial charge on any atom is -0.507 e. The Labute approximate surface area is 97.7 Å². The third-order valence-corrected chi connectivity index (χ3v) is 2.00. The smallest absolute Gasteiger partial charge is 0.338 e. The van der Waals surface area contributed by atoms with Crippen molar-refractivity contribution in [2.75, 3.05) is 21.0 Å². The maximum Gasteiger partial charge on any atom is 0.338 e. The third-order valence-electron chi connectivity index (χ3n) is 2.00. The first-order chi connectivity index (χ1) is 8.13. The van der Waals surface area contributed by atoms with Crippen molar-refractivity contribution in [2.24, 2.45) is 0 Å². The monoisotopic (exact) mass is 240 g/mol. The van der Waals surface area contributed by atoms with E-state index in [1.165, 1.54) is 26.4 Å².